The lowest BCUT2D eigenvalue weighted by Gasteiger charge is -2.23. The highest BCUT2D eigenvalue weighted by Crippen LogP contribution is 2.27. The van der Waals surface area contributed by atoms with Crippen molar-refractivity contribution in [1.82, 2.24) is 5.32 Å². The highest BCUT2D eigenvalue weighted by molar-refractivity contribution is 7.98. The SMILES string of the molecule is CCCCC(CC)CC(NC)c1ccc(SC)cc1. The van der Waals surface area contributed by atoms with Gasteiger partial charge in [-0.2, -0.15) is 0 Å². The van der Waals surface area contributed by atoms with Gasteiger partial charge in [0.25, 0.3) is 0 Å². The normalized spacial score (nSPS) is 14.3. The third kappa shape index (κ3) is 5.58. The second-order valence-electron chi connectivity index (χ2n) is 5.27. The number of thioether (sulfide) groups is 1. The lowest BCUT2D eigenvalue weighted by Crippen LogP contribution is -2.19. The van der Waals surface area contributed by atoms with E-state index in [1.54, 1.807) is 11.8 Å². The fourth-order valence-electron chi connectivity index (χ4n) is 2.57. The zero-order valence-corrected chi connectivity index (χ0v) is 13.7. The summed E-state index contributed by atoms with van der Waals surface area (Å²) in [6.45, 7) is 4.60. The van der Waals surface area contributed by atoms with Gasteiger partial charge < -0.3 is 5.32 Å². The van der Waals surface area contributed by atoms with Crippen LogP contribution in [0.3, 0.4) is 0 Å². The smallest absolute Gasteiger partial charge is 0.0320 e. The van der Waals surface area contributed by atoms with Crippen molar-refractivity contribution in [2.45, 2.75) is 56.9 Å². The van der Waals surface area contributed by atoms with Crippen LogP contribution in [0.1, 0.15) is 57.6 Å². The number of unbranched alkanes of at least 4 members (excludes halogenated alkanes) is 1. The standard InChI is InChI=1S/C17H29NS/c1-5-7-8-14(6-2)13-17(18-3)15-9-11-16(19-4)12-10-15/h9-12,14,17-18H,5-8,13H2,1-4H3. The topological polar surface area (TPSA) is 12.0 Å². The first-order valence-electron chi connectivity index (χ1n) is 7.56. The second-order valence-corrected chi connectivity index (χ2v) is 6.15. The minimum atomic E-state index is 0.498. The van der Waals surface area contributed by atoms with Gasteiger partial charge in [-0.15, -0.1) is 11.8 Å². The summed E-state index contributed by atoms with van der Waals surface area (Å²) >= 11 is 1.81. The molecule has 0 radical (unpaired) electrons. The Bertz CT molecular complexity index is 334. The first-order chi connectivity index (χ1) is 9.24. The number of nitrogens with one attached hydrogen (secondary N) is 1. The van der Waals surface area contributed by atoms with Crippen LogP contribution >= 0.6 is 11.8 Å². The molecule has 0 aromatic heterocycles. The van der Waals surface area contributed by atoms with Crippen LogP contribution < -0.4 is 5.32 Å². The van der Waals surface area contributed by atoms with Gasteiger partial charge >= 0.3 is 0 Å². The molecule has 0 aliphatic rings. The van der Waals surface area contributed by atoms with Crippen LogP contribution in [0.2, 0.25) is 0 Å². The van der Waals surface area contributed by atoms with Crippen LogP contribution in [-0.4, -0.2) is 13.3 Å². The van der Waals surface area contributed by atoms with E-state index in [1.807, 2.05) is 0 Å². The van der Waals surface area contributed by atoms with Crippen LogP contribution in [0.15, 0.2) is 29.2 Å². The fourth-order valence-corrected chi connectivity index (χ4v) is 2.98. The average molecular weight is 279 g/mol. The highest BCUT2D eigenvalue weighted by Gasteiger charge is 2.15. The van der Waals surface area contributed by atoms with Crippen LogP contribution in [0.25, 0.3) is 0 Å². The van der Waals surface area contributed by atoms with Gasteiger partial charge in [-0.05, 0) is 43.3 Å². The molecular weight excluding hydrogens is 250 g/mol. The van der Waals surface area contributed by atoms with Crippen LogP contribution in [0, 0.1) is 5.92 Å². The maximum Gasteiger partial charge on any atom is 0.0320 e. The van der Waals surface area contributed by atoms with Crippen LogP contribution in [0.4, 0.5) is 0 Å². The van der Waals surface area contributed by atoms with E-state index in [0.717, 1.165) is 5.92 Å². The lowest BCUT2D eigenvalue weighted by molar-refractivity contribution is 0.365. The summed E-state index contributed by atoms with van der Waals surface area (Å²) in [6, 6.07) is 9.52. The van der Waals surface area contributed by atoms with Gasteiger partial charge in [-0.3, -0.25) is 0 Å². The van der Waals surface area contributed by atoms with Gasteiger partial charge in [-0.1, -0.05) is 51.7 Å². The maximum absolute atomic E-state index is 3.49. The molecule has 2 unspecified atom stereocenters. The van der Waals surface area contributed by atoms with Gasteiger partial charge in [0.1, 0.15) is 0 Å². The molecular formula is C17H29NS. The van der Waals surface area contributed by atoms with E-state index < -0.39 is 0 Å². The largest absolute Gasteiger partial charge is 0.313 e. The Hall–Kier alpha value is -0.470. The minimum Gasteiger partial charge on any atom is -0.313 e. The molecule has 0 saturated carbocycles. The molecule has 2 atom stereocenters. The Balaban J connectivity index is 2.64. The third-order valence-corrected chi connectivity index (χ3v) is 4.72. The van der Waals surface area contributed by atoms with Crippen LogP contribution in [-0.2, 0) is 0 Å². The molecule has 0 aliphatic heterocycles. The highest BCUT2D eigenvalue weighted by atomic mass is 32.2. The molecule has 2 heteroatoms. The van der Waals surface area contributed by atoms with Crippen molar-refractivity contribution < 1.29 is 0 Å². The van der Waals surface area contributed by atoms with Crippen LogP contribution in [0.5, 0.6) is 0 Å². The summed E-state index contributed by atoms with van der Waals surface area (Å²) in [5, 5.41) is 3.49. The number of rotatable bonds is 9. The van der Waals surface area contributed by atoms with E-state index in [4.69, 9.17) is 0 Å². The van der Waals surface area contributed by atoms with E-state index in [9.17, 15) is 0 Å². The second kappa shape index (κ2) is 9.44. The predicted octanol–water partition coefficient (Wildman–Crippen LogP) is 5.28. The van der Waals surface area contributed by atoms with E-state index in [2.05, 4.69) is 56.7 Å². The molecule has 0 spiro atoms. The molecule has 1 aromatic rings. The quantitative estimate of drug-likeness (QED) is 0.618. The van der Waals surface area contributed by atoms with E-state index in [0.29, 0.717) is 6.04 Å². The Morgan fingerprint density at radius 2 is 1.84 bits per heavy atom. The summed E-state index contributed by atoms with van der Waals surface area (Å²) < 4.78 is 0. The summed E-state index contributed by atoms with van der Waals surface area (Å²) in [6.07, 6.45) is 8.71. The van der Waals surface area contributed by atoms with E-state index in [1.165, 1.54) is 42.6 Å². The van der Waals surface area contributed by atoms with Gasteiger partial charge in [0.05, 0.1) is 0 Å². The summed E-state index contributed by atoms with van der Waals surface area (Å²) in [5.41, 5.74) is 1.43. The van der Waals surface area contributed by atoms with Crippen molar-refractivity contribution in [1.29, 1.82) is 0 Å². The van der Waals surface area contributed by atoms with Crippen molar-refractivity contribution in [2.75, 3.05) is 13.3 Å². The van der Waals surface area contributed by atoms with E-state index in [-0.39, 0.29) is 0 Å². The monoisotopic (exact) mass is 279 g/mol. The Morgan fingerprint density at radius 3 is 2.32 bits per heavy atom. The van der Waals surface area contributed by atoms with Gasteiger partial charge in [-0.25, -0.2) is 0 Å². The summed E-state index contributed by atoms with van der Waals surface area (Å²) in [4.78, 5) is 1.34. The zero-order chi connectivity index (χ0) is 14.1. The molecule has 1 aromatic carbocycles. The maximum atomic E-state index is 3.49. The van der Waals surface area contributed by atoms with Crippen molar-refractivity contribution >= 4 is 11.8 Å². The molecule has 1 N–H and O–H groups in total. The first kappa shape index (κ1) is 16.6. The van der Waals surface area contributed by atoms with Crippen molar-refractivity contribution in [3.05, 3.63) is 29.8 Å². The fraction of sp³-hybridized carbons (Fsp3) is 0.647. The predicted molar refractivity (Wildman–Crippen MR) is 87.9 cm³/mol. The molecule has 1 nitrogen and oxygen atoms in total. The minimum absolute atomic E-state index is 0.498. The number of benzene rings is 1. The zero-order valence-electron chi connectivity index (χ0n) is 12.9. The molecule has 0 aliphatic carbocycles. The molecule has 19 heavy (non-hydrogen) atoms. The summed E-state index contributed by atoms with van der Waals surface area (Å²) in [5.74, 6) is 0.845. The average Bonchev–Trinajstić information content (AvgIpc) is 2.48. The van der Waals surface area contributed by atoms with E-state index >= 15 is 0 Å². The Labute approximate surface area is 123 Å². The molecule has 1 rings (SSSR count). The van der Waals surface area contributed by atoms with Gasteiger partial charge in [0.2, 0.25) is 0 Å². The van der Waals surface area contributed by atoms with Crippen molar-refractivity contribution in [2.24, 2.45) is 5.92 Å². The third-order valence-electron chi connectivity index (χ3n) is 3.98. The number of hydrogen-bond acceptors (Lipinski definition) is 2. The molecule has 0 saturated heterocycles. The molecule has 0 heterocycles. The molecule has 0 fully saturated rings. The van der Waals surface area contributed by atoms with Crippen molar-refractivity contribution in [3.63, 3.8) is 0 Å². The molecule has 0 bridgehead atoms. The Kier molecular flexibility index (Phi) is 8.24. The number of hydrogen-bond donors (Lipinski definition) is 1. The van der Waals surface area contributed by atoms with Gasteiger partial charge in [0.15, 0.2) is 0 Å². The first-order valence-corrected chi connectivity index (χ1v) is 8.78. The van der Waals surface area contributed by atoms with Crippen molar-refractivity contribution in [3.8, 4) is 0 Å². The molecule has 0 amide bonds. The lowest BCUT2D eigenvalue weighted by atomic mass is 9.89. The molecule has 108 valence electrons. The van der Waals surface area contributed by atoms with Gasteiger partial charge in [0, 0.05) is 10.9 Å². The summed E-state index contributed by atoms with van der Waals surface area (Å²) in [7, 11) is 2.08. The Morgan fingerprint density at radius 1 is 1.16 bits per heavy atom.